The van der Waals surface area contributed by atoms with Crippen LogP contribution in [0.1, 0.15) is 6.92 Å². The molecule has 0 bridgehead atoms. The number of nitrogens with zero attached hydrogens (tertiary/aromatic N) is 1. The SMILES string of the molecule is C=C(C)OC(=O)C(=C)C#N. The molecule has 0 radical (unpaired) electrons. The van der Waals surface area contributed by atoms with Crippen molar-refractivity contribution in [2.24, 2.45) is 0 Å². The van der Waals surface area contributed by atoms with Crippen molar-refractivity contribution in [3.05, 3.63) is 24.5 Å². The Morgan fingerprint density at radius 2 is 2.10 bits per heavy atom. The molecule has 0 aromatic carbocycles. The largest absolute Gasteiger partial charge is 0.428 e. The van der Waals surface area contributed by atoms with Crippen LogP contribution in [0.25, 0.3) is 0 Å². The summed E-state index contributed by atoms with van der Waals surface area (Å²) in [5, 5.41) is 8.14. The third kappa shape index (κ3) is 2.68. The summed E-state index contributed by atoms with van der Waals surface area (Å²) >= 11 is 0. The van der Waals surface area contributed by atoms with E-state index in [-0.39, 0.29) is 11.3 Å². The Morgan fingerprint density at radius 3 is 2.40 bits per heavy atom. The molecule has 0 fully saturated rings. The highest BCUT2D eigenvalue weighted by molar-refractivity contribution is 5.92. The average molecular weight is 137 g/mol. The number of carbonyl (C=O) groups excluding carboxylic acids is 1. The van der Waals surface area contributed by atoms with E-state index in [0.29, 0.717) is 0 Å². The highest BCUT2D eigenvalue weighted by Crippen LogP contribution is 1.97. The summed E-state index contributed by atoms with van der Waals surface area (Å²) in [7, 11) is 0. The molecular weight excluding hydrogens is 130 g/mol. The zero-order chi connectivity index (χ0) is 8.15. The molecule has 52 valence electrons. The summed E-state index contributed by atoms with van der Waals surface area (Å²) in [6.07, 6.45) is 0. The molecule has 0 aromatic rings. The van der Waals surface area contributed by atoms with E-state index in [0.717, 1.165) is 0 Å². The number of esters is 1. The molecule has 0 aromatic heterocycles. The fraction of sp³-hybridized carbons (Fsp3) is 0.143. The van der Waals surface area contributed by atoms with Gasteiger partial charge in [-0.05, 0) is 6.92 Å². The molecule has 0 unspecified atom stereocenters. The Kier molecular flexibility index (Phi) is 2.92. The molecule has 0 saturated heterocycles. The monoisotopic (exact) mass is 137 g/mol. The van der Waals surface area contributed by atoms with Gasteiger partial charge in [0.1, 0.15) is 11.6 Å². The molecule has 0 aliphatic rings. The molecule has 0 aliphatic carbocycles. The zero-order valence-corrected chi connectivity index (χ0v) is 5.68. The Morgan fingerprint density at radius 1 is 1.60 bits per heavy atom. The number of hydrogen-bond donors (Lipinski definition) is 0. The van der Waals surface area contributed by atoms with E-state index in [4.69, 9.17) is 5.26 Å². The van der Waals surface area contributed by atoms with Crippen molar-refractivity contribution < 1.29 is 9.53 Å². The lowest BCUT2D eigenvalue weighted by Gasteiger charge is -1.97. The maximum absolute atomic E-state index is 10.6. The molecule has 10 heavy (non-hydrogen) atoms. The highest BCUT2D eigenvalue weighted by Gasteiger charge is 2.06. The van der Waals surface area contributed by atoms with Crippen LogP contribution in [-0.4, -0.2) is 5.97 Å². The number of nitriles is 1. The van der Waals surface area contributed by atoms with Gasteiger partial charge in [-0.15, -0.1) is 0 Å². The topological polar surface area (TPSA) is 50.1 Å². The predicted molar refractivity (Wildman–Crippen MR) is 35.7 cm³/mol. The van der Waals surface area contributed by atoms with Gasteiger partial charge in [-0.2, -0.15) is 5.26 Å². The summed E-state index contributed by atoms with van der Waals surface area (Å²) in [6, 6.07) is 1.56. The third-order valence-corrected chi connectivity index (χ3v) is 0.648. The van der Waals surface area contributed by atoms with E-state index in [9.17, 15) is 4.79 Å². The first-order valence-electron chi connectivity index (χ1n) is 2.54. The number of carbonyl (C=O) groups is 1. The molecule has 0 aliphatic heterocycles. The van der Waals surface area contributed by atoms with Gasteiger partial charge < -0.3 is 4.74 Å². The van der Waals surface area contributed by atoms with E-state index in [1.165, 1.54) is 6.92 Å². The lowest BCUT2D eigenvalue weighted by molar-refractivity contribution is -0.134. The van der Waals surface area contributed by atoms with Crippen LogP contribution in [0.3, 0.4) is 0 Å². The standard InChI is InChI=1S/C7H7NO2/c1-5(2)10-7(9)6(3)4-8/h1,3H2,2H3. The van der Waals surface area contributed by atoms with Crippen LogP contribution in [0.5, 0.6) is 0 Å². The number of hydrogen-bond acceptors (Lipinski definition) is 3. The van der Waals surface area contributed by atoms with Gasteiger partial charge in [-0.1, -0.05) is 13.2 Å². The number of ether oxygens (including phenoxy) is 1. The molecule has 0 saturated carbocycles. The summed E-state index contributed by atoms with van der Waals surface area (Å²) in [6.45, 7) is 7.98. The molecule has 0 heterocycles. The van der Waals surface area contributed by atoms with E-state index in [2.05, 4.69) is 17.9 Å². The van der Waals surface area contributed by atoms with Crippen molar-refractivity contribution in [3.63, 3.8) is 0 Å². The van der Waals surface area contributed by atoms with E-state index in [1.807, 2.05) is 0 Å². The van der Waals surface area contributed by atoms with Crippen LogP contribution in [0.4, 0.5) is 0 Å². The smallest absolute Gasteiger partial charge is 0.353 e. The predicted octanol–water partition coefficient (Wildman–Crippen LogP) is 1.14. The summed E-state index contributed by atoms with van der Waals surface area (Å²) in [5.74, 6) is -0.489. The fourth-order valence-corrected chi connectivity index (χ4v) is 0.265. The van der Waals surface area contributed by atoms with Crippen molar-refractivity contribution in [2.75, 3.05) is 0 Å². The van der Waals surface area contributed by atoms with Crippen molar-refractivity contribution >= 4 is 5.97 Å². The minimum atomic E-state index is -0.741. The lowest BCUT2D eigenvalue weighted by atomic mass is 10.3. The van der Waals surface area contributed by atoms with Gasteiger partial charge >= 0.3 is 5.97 Å². The molecule has 0 atom stereocenters. The van der Waals surface area contributed by atoms with Crippen LogP contribution in [0.2, 0.25) is 0 Å². The van der Waals surface area contributed by atoms with E-state index < -0.39 is 5.97 Å². The van der Waals surface area contributed by atoms with Gasteiger partial charge in [-0.25, -0.2) is 4.79 Å². The summed E-state index contributed by atoms with van der Waals surface area (Å²) < 4.78 is 4.45. The Hall–Kier alpha value is -1.56. The van der Waals surface area contributed by atoms with Crippen molar-refractivity contribution in [3.8, 4) is 6.07 Å². The molecule has 0 amide bonds. The van der Waals surface area contributed by atoms with Crippen LogP contribution >= 0.6 is 0 Å². The maximum Gasteiger partial charge on any atom is 0.353 e. The van der Waals surface area contributed by atoms with Crippen LogP contribution in [0, 0.1) is 11.3 Å². The minimum absolute atomic E-state index is 0.219. The summed E-state index contributed by atoms with van der Waals surface area (Å²) in [5.41, 5.74) is -0.219. The Bertz CT molecular complexity index is 222. The van der Waals surface area contributed by atoms with Crippen molar-refractivity contribution in [2.45, 2.75) is 6.92 Å². The van der Waals surface area contributed by atoms with Gasteiger partial charge in [0.05, 0.1) is 5.76 Å². The van der Waals surface area contributed by atoms with Gasteiger partial charge in [0, 0.05) is 0 Å². The second-order valence-corrected chi connectivity index (χ2v) is 1.68. The molecule has 3 heteroatoms. The van der Waals surface area contributed by atoms with Gasteiger partial charge in [0.15, 0.2) is 0 Å². The van der Waals surface area contributed by atoms with Crippen molar-refractivity contribution in [1.82, 2.24) is 0 Å². The van der Waals surface area contributed by atoms with Crippen LogP contribution in [0.15, 0.2) is 24.5 Å². The van der Waals surface area contributed by atoms with Gasteiger partial charge in [-0.3, -0.25) is 0 Å². The lowest BCUT2D eigenvalue weighted by Crippen LogP contribution is -2.03. The molecule has 0 spiro atoms. The number of rotatable bonds is 2. The highest BCUT2D eigenvalue weighted by atomic mass is 16.5. The first kappa shape index (κ1) is 8.44. The van der Waals surface area contributed by atoms with E-state index >= 15 is 0 Å². The molecular formula is C7H7NO2. The second-order valence-electron chi connectivity index (χ2n) is 1.68. The first-order chi connectivity index (χ1) is 4.57. The number of allylic oxidation sites excluding steroid dienone is 1. The first-order valence-corrected chi connectivity index (χ1v) is 2.54. The molecule has 0 N–H and O–H groups in total. The second kappa shape index (κ2) is 3.46. The summed E-state index contributed by atoms with van der Waals surface area (Å²) in [4.78, 5) is 10.6. The molecule has 3 nitrogen and oxygen atoms in total. The fourth-order valence-electron chi connectivity index (χ4n) is 0.265. The van der Waals surface area contributed by atoms with Crippen LogP contribution in [-0.2, 0) is 9.53 Å². The Labute approximate surface area is 59.2 Å². The van der Waals surface area contributed by atoms with Crippen LogP contribution < -0.4 is 0 Å². The van der Waals surface area contributed by atoms with Gasteiger partial charge in [0.25, 0.3) is 0 Å². The minimum Gasteiger partial charge on any atom is -0.428 e. The third-order valence-electron chi connectivity index (χ3n) is 0.648. The Balaban J connectivity index is 4.02. The quantitative estimate of drug-likeness (QED) is 0.248. The molecule has 0 rings (SSSR count). The zero-order valence-electron chi connectivity index (χ0n) is 5.68. The maximum atomic E-state index is 10.6. The average Bonchev–Trinajstić information content (AvgIpc) is 1.85. The van der Waals surface area contributed by atoms with E-state index in [1.54, 1.807) is 6.07 Å². The normalized spacial score (nSPS) is 7.60. The van der Waals surface area contributed by atoms with Gasteiger partial charge in [0.2, 0.25) is 0 Å². The van der Waals surface area contributed by atoms with Crippen molar-refractivity contribution in [1.29, 1.82) is 5.26 Å².